The normalized spacial score (nSPS) is 10.8. The number of benzene rings is 3. The topological polar surface area (TPSA) is 64.4 Å². The monoisotopic (exact) mass is 372 g/mol. The van der Waals surface area contributed by atoms with E-state index in [1.807, 2.05) is 48.5 Å². The van der Waals surface area contributed by atoms with Crippen LogP contribution < -0.4 is 10.1 Å². The SMILES string of the molecule is CCCOc1ccc(C(=O)Nc2cccc(-c3nc4ccccc4o3)c2)cc1. The van der Waals surface area contributed by atoms with Crippen LogP contribution in [0.1, 0.15) is 23.7 Å². The zero-order valence-electron chi connectivity index (χ0n) is 15.5. The maximum absolute atomic E-state index is 12.5. The molecule has 5 heteroatoms. The molecule has 1 aromatic heterocycles. The minimum atomic E-state index is -0.184. The molecule has 0 unspecified atom stereocenters. The summed E-state index contributed by atoms with van der Waals surface area (Å²) < 4.78 is 11.4. The lowest BCUT2D eigenvalue weighted by molar-refractivity contribution is 0.102. The third-order valence-corrected chi connectivity index (χ3v) is 4.25. The number of nitrogens with zero attached hydrogens (tertiary/aromatic N) is 1. The van der Waals surface area contributed by atoms with Crippen molar-refractivity contribution in [2.24, 2.45) is 0 Å². The number of para-hydroxylation sites is 2. The molecule has 4 aromatic rings. The van der Waals surface area contributed by atoms with Gasteiger partial charge < -0.3 is 14.5 Å². The van der Waals surface area contributed by atoms with Crippen LogP contribution in [0, 0.1) is 0 Å². The highest BCUT2D eigenvalue weighted by Crippen LogP contribution is 2.26. The highest BCUT2D eigenvalue weighted by Gasteiger charge is 2.10. The van der Waals surface area contributed by atoms with Crippen LogP contribution in [0.2, 0.25) is 0 Å². The van der Waals surface area contributed by atoms with Crippen LogP contribution in [0.5, 0.6) is 5.75 Å². The number of anilines is 1. The molecule has 1 N–H and O–H groups in total. The first-order valence-electron chi connectivity index (χ1n) is 9.23. The Bertz CT molecular complexity index is 1070. The molecule has 1 amide bonds. The zero-order chi connectivity index (χ0) is 19.3. The molecule has 28 heavy (non-hydrogen) atoms. The van der Waals surface area contributed by atoms with Gasteiger partial charge in [-0.1, -0.05) is 25.1 Å². The number of ether oxygens (including phenoxy) is 1. The minimum absolute atomic E-state index is 0.184. The second-order valence-corrected chi connectivity index (χ2v) is 6.39. The summed E-state index contributed by atoms with van der Waals surface area (Å²) >= 11 is 0. The molecular formula is C23H20N2O3. The molecule has 1 heterocycles. The predicted molar refractivity (Wildman–Crippen MR) is 110 cm³/mol. The molecule has 0 aliphatic carbocycles. The fourth-order valence-corrected chi connectivity index (χ4v) is 2.85. The zero-order valence-corrected chi connectivity index (χ0v) is 15.5. The lowest BCUT2D eigenvalue weighted by Crippen LogP contribution is -2.11. The molecule has 3 aromatic carbocycles. The maximum atomic E-state index is 12.5. The number of aromatic nitrogens is 1. The Labute approximate surface area is 163 Å². The van der Waals surface area contributed by atoms with Gasteiger partial charge in [-0.2, -0.15) is 0 Å². The molecule has 0 saturated carbocycles. The quantitative estimate of drug-likeness (QED) is 0.483. The van der Waals surface area contributed by atoms with E-state index in [1.54, 1.807) is 24.3 Å². The summed E-state index contributed by atoms with van der Waals surface area (Å²) in [5, 5.41) is 2.92. The van der Waals surface area contributed by atoms with E-state index in [4.69, 9.17) is 9.15 Å². The lowest BCUT2D eigenvalue weighted by Gasteiger charge is -2.08. The van der Waals surface area contributed by atoms with Crippen molar-refractivity contribution in [1.82, 2.24) is 4.98 Å². The molecule has 5 nitrogen and oxygen atoms in total. The molecule has 0 bridgehead atoms. The van der Waals surface area contributed by atoms with Crippen molar-refractivity contribution in [3.8, 4) is 17.2 Å². The van der Waals surface area contributed by atoms with Gasteiger partial charge in [0.25, 0.3) is 5.91 Å². The molecule has 0 saturated heterocycles. The summed E-state index contributed by atoms with van der Waals surface area (Å²) in [6, 6.07) is 22.2. The van der Waals surface area contributed by atoms with E-state index in [0.717, 1.165) is 28.8 Å². The van der Waals surface area contributed by atoms with Crippen LogP contribution in [-0.2, 0) is 0 Å². The summed E-state index contributed by atoms with van der Waals surface area (Å²) in [5.74, 6) is 1.10. The van der Waals surface area contributed by atoms with E-state index in [9.17, 15) is 4.79 Å². The van der Waals surface area contributed by atoms with E-state index in [1.165, 1.54) is 0 Å². The number of carbonyl (C=O) groups excluding carboxylic acids is 1. The number of amides is 1. The first-order valence-corrected chi connectivity index (χ1v) is 9.23. The highest BCUT2D eigenvalue weighted by molar-refractivity contribution is 6.04. The van der Waals surface area contributed by atoms with Crippen molar-refractivity contribution in [2.75, 3.05) is 11.9 Å². The number of fused-ring (bicyclic) bond motifs is 1. The highest BCUT2D eigenvalue weighted by atomic mass is 16.5. The first kappa shape index (κ1) is 17.8. The first-order chi connectivity index (χ1) is 13.7. The molecule has 0 aliphatic rings. The number of carbonyl (C=O) groups is 1. The van der Waals surface area contributed by atoms with E-state index in [0.29, 0.717) is 23.7 Å². The van der Waals surface area contributed by atoms with Crippen LogP contribution in [0.25, 0.3) is 22.6 Å². The van der Waals surface area contributed by atoms with Crippen molar-refractivity contribution in [3.63, 3.8) is 0 Å². The van der Waals surface area contributed by atoms with Crippen LogP contribution in [0.4, 0.5) is 5.69 Å². The van der Waals surface area contributed by atoms with Crippen molar-refractivity contribution in [2.45, 2.75) is 13.3 Å². The van der Waals surface area contributed by atoms with Crippen LogP contribution in [-0.4, -0.2) is 17.5 Å². The fraction of sp³-hybridized carbons (Fsp3) is 0.130. The third-order valence-electron chi connectivity index (χ3n) is 4.25. The summed E-state index contributed by atoms with van der Waals surface area (Å²) in [7, 11) is 0. The number of rotatable bonds is 6. The van der Waals surface area contributed by atoms with Gasteiger partial charge >= 0.3 is 0 Å². The number of nitrogens with one attached hydrogen (secondary N) is 1. The lowest BCUT2D eigenvalue weighted by atomic mass is 10.1. The van der Waals surface area contributed by atoms with Crippen molar-refractivity contribution in [1.29, 1.82) is 0 Å². The standard InChI is InChI=1S/C23H20N2O3/c1-2-14-27-19-12-10-16(11-13-19)22(26)24-18-7-5-6-17(15-18)23-25-20-8-3-4-9-21(20)28-23/h3-13,15H,2,14H2,1H3,(H,24,26). The predicted octanol–water partition coefficient (Wildman–Crippen LogP) is 5.54. The van der Waals surface area contributed by atoms with Gasteiger partial charge in [-0.3, -0.25) is 4.79 Å². The Kier molecular flexibility index (Phi) is 5.06. The van der Waals surface area contributed by atoms with Gasteiger partial charge in [0.2, 0.25) is 5.89 Å². The van der Waals surface area contributed by atoms with Crippen LogP contribution >= 0.6 is 0 Å². The molecule has 0 atom stereocenters. The summed E-state index contributed by atoms with van der Waals surface area (Å²) in [6.45, 7) is 2.71. The van der Waals surface area contributed by atoms with Crippen molar-refractivity contribution >= 4 is 22.7 Å². The van der Waals surface area contributed by atoms with E-state index >= 15 is 0 Å². The van der Waals surface area contributed by atoms with Gasteiger partial charge in [-0.05, 0) is 61.0 Å². The van der Waals surface area contributed by atoms with Gasteiger partial charge in [0.1, 0.15) is 11.3 Å². The Morgan fingerprint density at radius 1 is 1.04 bits per heavy atom. The Morgan fingerprint density at radius 3 is 2.64 bits per heavy atom. The average molecular weight is 372 g/mol. The number of hydrogen-bond acceptors (Lipinski definition) is 4. The smallest absolute Gasteiger partial charge is 0.255 e. The largest absolute Gasteiger partial charge is 0.494 e. The van der Waals surface area contributed by atoms with E-state index in [-0.39, 0.29) is 5.91 Å². The summed E-state index contributed by atoms with van der Waals surface area (Å²) in [4.78, 5) is 17.0. The average Bonchev–Trinajstić information content (AvgIpc) is 3.17. The summed E-state index contributed by atoms with van der Waals surface area (Å²) in [5.41, 5.74) is 3.58. The maximum Gasteiger partial charge on any atom is 0.255 e. The van der Waals surface area contributed by atoms with Gasteiger partial charge in [-0.15, -0.1) is 0 Å². The second-order valence-electron chi connectivity index (χ2n) is 6.39. The van der Waals surface area contributed by atoms with Crippen molar-refractivity contribution in [3.05, 3.63) is 78.4 Å². The summed E-state index contributed by atoms with van der Waals surface area (Å²) in [6.07, 6.45) is 0.943. The molecule has 0 fully saturated rings. The van der Waals surface area contributed by atoms with Crippen molar-refractivity contribution < 1.29 is 13.9 Å². The Balaban J connectivity index is 1.50. The number of hydrogen-bond donors (Lipinski definition) is 1. The molecular weight excluding hydrogens is 352 g/mol. The minimum Gasteiger partial charge on any atom is -0.494 e. The second kappa shape index (κ2) is 7.96. The Morgan fingerprint density at radius 2 is 1.86 bits per heavy atom. The van der Waals surface area contributed by atoms with Crippen LogP contribution in [0.3, 0.4) is 0 Å². The van der Waals surface area contributed by atoms with Gasteiger partial charge in [0, 0.05) is 16.8 Å². The molecule has 140 valence electrons. The molecule has 0 aliphatic heterocycles. The molecule has 0 spiro atoms. The van der Waals surface area contributed by atoms with E-state index < -0.39 is 0 Å². The third kappa shape index (κ3) is 3.88. The molecule has 0 radical (unpaired) electrons. The van der Waals surface area contributed by atoms with E-state index in [2.05, 4.69) is 17.2 Å². The van der Waals surface area contributed by atoms with Gasteiger partial charge in [0.05, 0.1) is 6.61 Å². The van der Waals surface area contributed by atoms with Gasteiger partial charge in [0.15, 0.2) is 5.58 Å². The fourth-order valence-electron chi connectivity index (χ4n) is 2.85. The van der Waals surface area contributed by atoms with Crippen LogP contribution in [0.15, 0.2) is 77.2 Å². The molecule has 4 rings (SSSR count). The Hall–Kier alpha value is -3.60. The van der Waals surface area contributed by atoms with Gasteiger partial charge in [-0.25, -0.2) is 4.98 Å². The number of oxazole rings is 1.